The van der Waals surface area contributed by atoms with E-state index in [4.69, 9.17) is 14.5 Å². The minimum Gasteiger partial charge on any atom is -0.493 e. The molecule has 1 aromatic carbocycles. The van der Waals surface area contributed by atoms with Gasteiger partial charge < -0.3 is 19.7 Å². The van der Waals surface area contributed by atoms with Gasteiger partial charge in [0.2, 0.25) is 0 Å². The van der Waals surface area contributed by atoms with Gasteiger partial charge in [0.1, 0.15) is 11.6 Å². The van der Waals surface area contributed by atoms with Crippen molar-refractivity contribution < 1.29 is 9.47 Å². The Morgan fingerprint density at radius 2 is 1.84 bits per heavy atom. The van der Waals surface area contributed by atoms with Gasteiger partial charge in [0.05, 0.1) is 12.1 Å². The van der Waals surface area contributed by atoms with Gasteiger partial charge in [0, 0.05) is 37.3 Å². The average Bonchev–Trinajstić information content (AvgIpc) is 3.32. The summed E-state index contributed by atoms with van der Waals surface area (Å²) in [6.07, 6.45) is 10.8. The van der Waals surface area contributed by atoms with Crippen molar-refractivity contribution in [3.8, 4) is 5.75 Å². The van der Waals surface area contributed by atoms with Crippen LogP contribution >= 0.6 is 0 Å². The highest BCUT2D eigenvalue weighted by Crippen LogP contribution is 2.36. The molecular formula is C26H37N3O2. The maximum atomic E-state index is 6.24. The summed E-state index contributed by atoms with van der Waals surface area (Å²) in [6, 6.07) is 4.97. The van der Waals surface area contributed by atoms with Gasteiger partial charge in [-0.3, -0.25) is 0 Å². The molecule has 1 N–H and O–H groups in total. The smallest absolute Gasteiger partial charge is 0.130 e. The topological polar surface area (TPSA) is 46.6 Å². The maximum absolute atomic E-state index is 6.24. The molecular weight excluding hydrogens is 386 g/mol. The molecule has 0 saturated carbocycles. The third-order valence-corrected chi connectivity index (χ3v) is 7.24. The van der Waals surface area contributed by atoms with Gasteiger partial charge in [-0.25, -0.2) is 4.98 Å². The molecule has 0 bridgehead atoms. The lowest BCUT2D eigenvalue weighted by atomic mass is 9.88. The number of aromatic nitrogens is 1. The standard InChI is InChI=1S/C26H37N3O2/c1-19-17-23-21-7-2-3-8-22(21)26(27-20-9-15-30-16-10-20)28-24(23)18-25(19)31-14-6-13-29-11-4-5-12-29/h17-18,20H,2-16H2,1H3,(H,27,28). The van der Waals surface area contributed by atoms with Gasteiger partial charge in [-0.05, 0) is 101 Å². The van der Waals surface area contributed by atoms with Crippen LogP contribution in [0, 0.1) is 6.92 Å². The first-order chi connectivity index (χ1) is 15.3. The van der Waals surface area contributed by atoms with E-state index in [1.807, 2.05) is 0 Å². The number of nitrogens with zero attached hydrogens (tertiary/aromatic N) is 2. The number of likely N-dealkylation sites (tertiary alicyclic amines) is 1. The van der Waals surface area contributed by atoms with Crippen molar-refractivity contribution in [2.45, 2.75) is 70.8 Å². The average molecular weight is 424 g/mol. The maximum Gasteiger partial charge on any atom is 0.130 e. The van der Waals surface area contributed by atoms with Crippen LogP contribution in [0.1, 0.15) is 61.6 Å². The van der Waals surface area contributed by atoms with E-state index < -0.39 is 0 Å². The highest BCUT2D eigenvalue weighted by atomic mass is 16.5. The molecule has 0 atom stereocenters. The number of rotatable bonds is 7. The molecule has 168 valence electrons. The number of aryl methyl sites for hydroxylation is 2. The fourth-order valence-corrected chi connectivity index (χ4v) is 5.45. The summed E-state index contributed by atoms with van der Waals surface area (Å²) >= 11 is 0. The highest BCUT2D eigenvalue weighted by molar-refractivity contribution is 5.88. The SMILES string of the molecule is Cc1cc2c3c(c(NC4CCOCC4)nc2cc1OCCCN1CCCC1)CCCC3. The monoisotopic (exact) mass is 423 g/mol. The third kappa shape index (κ3) is 4.83. The fraction of sp³-hybridized carbons (Fsp3) is 0.654. The van der Waals surface area contributed by atoms with Crippen LogP contribution in [0.2, 0.25) is 0 Å². The van der Waals surface area contributed by atoms with Gasteiger partial charge in [-0.2, -0.15) is 0 Å². The molecule has 5 heteroatoms. The second-order valence-electron chi connectivity index (χ2n) is 9.54. The Labute approximate surface area is 186 Å². The van der Waals surface area contributed by atoms with E-state index >= 15 is 0 Å². The number of hydrogen-bond donors (Lipinski definition) is 1. The Kier molecular flexibility index (Phi) is 6.61. The normalized spacial score (nSPS) is 20.2. The number of ether oxygens (including phenoxy) is 2. The summed E-state index contributed by atoms with van der Waals surface area (Å²) in [7, 11) is 0. The summed E-state index contributed by atoms with van der Waals surface area (Å²) in [5.41, 5.74) is 5.27. The van der Waals surface area contributed by atoms with Crippen LogP contribution < -0.4 is 10.1 Å². The van der Waals surface area contributed by atoms with Gasteiger partial charge in [0.25, 0.3) is 0 Å². The van der Waals surface area contributed by atoms with Crippen molar-refractivity contribution in [3.63, 3.8) is 0 Å². The lowest BCUT2D eigenvalue weighted by molar-refractivity contribution is 0.0903. The number of anilines is 1. The largest absolute Gasteiger partial charge is 0.493 e. The van der Waals surface area contributed by atoms with Crippen LogP contribution in [0.3, 0.4) is 0 Å². The molecule has 2 saturated heterocycles. The van der Waals surface area contributed by atoms with Crippen LogP contribution in [-0.2, 0) is 17.6 Å². The molecule has 1 aromatic heterocycles. The molecule has 2 fully saturated rings. The second-order valence-corrected chi connectivity index (χ2v) is 9.54. The van der Waals surface area contributed by atoms with Crippen molar-refractivity contribution in [2.24, 2.45) is 0 Å². The second kappa shape index (κ2) is 9.74. The van der Waals surface area contributed by atoms with Crippen LogP contribution in [-0.4, -0.2) is 55.4 Å². The van der Waals surface area contributed by atoms with Gasteiger partial charge in [-0.15, -0.1) is 0 Å². The summed E-state index contributed by atoms with van der Waals surface area (Å²) in [5, 5.41) is 5.11. The Balaban J connectivity index is 1.36. The minimum absolute atomic E-state index is 0.469. The molecule has 0 radical (unpaired) electrons. The lowest BCUT2D eigenvalue weighted by Gasteiger charge is -2.27. The zero-order valence-electron chi connectivity index (χ0n) is 19.0. The molecule has 0 amide bonds. The van der Waals surface area contributed by atoms with Crippen LogP contribution in [0.25, 0.3) is 10.9 Å². The summed E-state index contributed by atoms with van der Waals surface area (Å²) in [5.74, 6) is 2.10. The van der Waals surface area contributed by atoms with E-state index in [1.54, 1.807) is 0 Å². The predicted octanol–water partition coefficient (Wildman–Crippen LogP) is 4.88. The van der Waals surface area contributed by atoms with Crippen LogP contribution in [0.15, 0.2) is 12.1 Å². The minimum atomic E-state index is 0.469. The number of benzene rings is 1. The van der Waals surface area contributed by atoms with E-state index in [0.717, 1.165) is 75.6 Å². The van der Waals surface area contributed by atoms with E-state index in [1.165, 1.54) is 60.8 Å². The number of pyridine rings is 1. The zero-order chi connectivity index (χ0) is 21.0. The third-order valence-electron chi connectivity index (χ3n) is 7.24. The molecule has 3 heterocycles. The van der Waals surface area contributed by atoms with E-state index in [2.05, 4.69) is 29.3 Å². The molecule has 2 aliphatic heterocycles. The molecule has 5 nitrogen and oxygen atoms in total. The first-order valence-electron chi connectivity index (χ1n) is 12.4. The molecule has 0 spiro atoms. The number of fused-ring (bicyclic) bond motifs is 3. The van der Waals surface area contributed by atoms with Gasteiger partial charge in [-0.1, -0.05) is 0 Å². The summed E-state index contributed by atoms with van der Waals surface area (Å²) in [6.45, 7) is 8.32. The van der Waals surface area contributed by atoms with Crippen molar-refractivity contribution in [1.29, 1.82) is 0 Å². The van der Waals surface area contributed by atoms with Crippen molar-refractivity contribution in [1.82, 2.24) is 9.88 Å². The van der Waals surface area contributed by atoms with Crippen molar-refractivity contribution in [3.05, 3.63) is 28.8 Å². The van der Waals surface area contributed by atoms with E-state index in [9.17, 15) is 0 Å². The summed E-state index contributed by atoms with van der Waals surface area (Å²) < 4.78 is 11.8. The molecule has 5 rings (SSSR count). The molecule has 2 aromatic rings. The number of nitrogens with one attached hydrogen (secondary N) is 1. The first-order valence-corrected chi connectivity index (χ1v) is 12.4. The fourth-order valence-electron chi connectivity index (χ4n) is 5.45. The highest BCUT2D eigenvalue weighted by Gasteiger charge is 2.22. The van der Waals surface area contributed by atoms with Crippen molar-refractivity contribution >= 4 is 16.7 Å². The number of hydrogen-bond acceptors (Lipinski definition) is 5. The first kappa shape index (κ1) is 21.0. The molecule has 1 aliphatic carbocycles. The van der Waals surface area contributed by atoms with Gasteiger partial charge in [0.15, 0.2) is 0 Å². The summed E-state index contributed by atoms with van der Waals surface area (Å²) in [4.78, 5) is 7.69. The Morgan fingerprint density at radius 1 is 1.06 bits per heavy atom. The molecule has 31 heavy (non-hydrogen) atoms. The quantitative estimate of drug-likeness (QED) is 0.643. The van der Waals surface area contributed by atoms with Crippen LogP contribution in [0.5, 0.6) is 5.75 Å². The lowest BCUT2D eigenvalue weighted by Crippen LogP contribution is -2.29. The Hall–Kier alpha value is -1.85. The molecule has 3 aliphatic rings. The Bertz CT molecular complexity index is 901. The predicted molar refractivity (Wildman–Crippen MR) is 126 cm³/mol. The van der Waals surface area contributed by atoms with Crippen molar-refractivity contribution in [2.75, 3.05) is 44.8 Å². The zero-order valence-corrected chi connectivity index (χ0v) is 19.0. The van der Waals surface area contributed by atoms with E-state index in [0.29, 0.717) is 6.04 Å². The molecule has 0 unspecified atom stereocenters. The van der Waals surface area contributed by atoms with E-state index in [-0.39, 0.29) is 0 Å². The van der Waals surface area contributed by atoms with Crippen LogP contribution in [0.4, 0.5) is 5.82 Å². The Morgan fingerprint density at radius 3 is 2.65 bits per heavy atom. The van der Waals surface area contributed by atoms with Gasteiger partial charge >= 0.3 is 0 Å².